The molecule has 2 heterocycles. The fraction of sp³-hybridized carbons (Fsp3) is 0.261. The maximum absolute atomic E-state index is 13.6. The van der Waals surface area contributed by atoms with E-state index in [2.05, 4.69) is 5.10 Å². The van der Waals surface area contributed by atoms with Crippen LogP contribution in [0.2, 0.25) is 5.02 Å². The topological polar surface area (TPSA) is 51.0 Å². The molecule has 2 aromatic heterocycles. The second-order valence-corrected chi connectivity index (χ2v) is 9.01. The molecule has 4 rings (SSSR count). The summed E-state index contributed by atoms with van der Waals surface area (Å²) in [4.78, 5) is 20.0. The molecule has 0 unspecified atom stereocenters. The lowest BCUT2D eigenvalue weighted by atomic mass is 10.2. The number of nitrogens with zero attached hydrogens (tertiary/aromatic N) is 4. The van der Waals surface area contributed by atoms with Crippen LogP contribution in [0.5, 0.6) is 0 Å². The van der Waals surface area contributed by atoms with E-state index in [-0.39, 0.29) is 11.9 Å². The zero-order chi connectivity index (χ0) is 21.4. The van der Waals surface area contributed by atoms with Crippen LogP contribution in [-0.4, -0.2) is 20.7 Å². The van der Waals surface area contributed by atoms with Crippen LogP contribution in [0.3, 0.4) is 0 Å². The smallest absolute Gasteiger partial charge is 0.278 e. The minimum Gasteiger partial charge on any atom is -0.278 e. The lowest BCUT2D eigenvalue weighted by Gasteiger charge is -2.19. The van der Waals surface area contributed by atoms with Gasteiger partial charge < -0.3 is 0 Å². The van der Waals surface area contributed by atoms with Crippen molar-refractivity contribution in [2.45, 2.75) is 40.3 Å². The number of halogens is 1. The molecule has 0 saturated carbocycles. The third-order valence-electron chi connectivity index (χ3n) is 4.98. The molecule has 0 aliphatic heterocycles. The van der Waals surface area contributed by atoms with Crippen molar-refractivity contribution in [1.82, 2.24) is 14.8 Å². The predicted molar refractivity (Wildman–Crippen MR) is 124 cm³/mol. The molecule has 7 heteroatoms. The first-order chi connectivity index (χ1) is 14.3. The molecule has 0 fully saturated rings. The van der Waals surface area contributed by atoms with Gasteiger partial charge in [-0.2, -0.15) is 5.10 Å². The molecule has 0 N–H and O–H groups in total. The van der Waals surface area contributed by atoms with Gasteiger partial charge in [-0.3, -0.25) is 14.4 Å². The fourth-order valence-electron chi connectivity index (χ4n) is 3.45. The van der Waals surface area contributed by atoms with Crippen LogP contribution in [0, 0.1) is 13.8 Å². The summed E-state index contributed by atoms with van der Waals surface area (Å²) in [6.07, 6.45) is 0. The van der Waals surface area contributed by atoms with Gasteiger partial charge >= 0.3 is 0 Å². The summed E-state index contributed by atoms with van der Waals surface area (Å²) >= 11 is 7.85. The number of carbonyl (C=O) groups is 1. The molecule has 5 nitrogen and oxygen atoms in total. The highest BCUT2D eigenvalue weighted by molar-refractivity contribution is 7.23. The van der Waals surface area contributed by atoms with Gasteiger partial charge in [0.2, 0.25) is 0 Å². The molecule has 0 aliphatic rings. The van der Waals surface area contributed by atoms with Crippen molar-refractivity contribution >= 4 is 44.2 Å². The number of rotatable bonds is 5. The summed E-state index contributed by atoms with van der Waals surface area (Å²) < 4.78 is 2.76. The maximum Gasteiger partial charge on any atom is 0.280 e. The van der Waals surface area contributed by atoms with Gasteiger partial charge in [-0.15, -0.1) is 0 Å². The Labute approximate surface area is 184 Å². The average Bonchev–Trinajstić information content (AvgIpc) is 3.34. The highest BCUT2D eigenvalue weighted by Crippen LogP contribution is 2.36. The fourth-order valence-corrected chi connectivity index (χ4v) is 4.77. The average molecular weight is 439 g/mol. The standard InChI is InChI=1S/C23H23ClN4OS/c1-14(2)28-16(4)12-19(26-28)22(29)27(13-17-8-6-5-7-9-17)23-25-20-15(3)10-11-18(24)21(20)30-23/h5-12,14H,13H2,1-4H3. The molecule has 0 aliphatic carbocycles. The quantitative estimate of drug-likeness (QED) is 0.373. The molecule has 0 bridgehead atoms. The number of carbonyl (C=O) groups excluding carboxylic acids is 1. The first-order valence-corrected chi connectivity index (χ1v) is 11.0. The van der Waals surface area contributed by atoms with Gasteiger partial charge in [-0.05, 0) is 51.0 Å². The summed E-state index contributed by atoms with van der Waals surface area (Å²) in [6, 6.07) is 15.7. The Kier molecular flexibility index (Phi) is 5.62. The Morgan fingerprint density at radius 3 is 2.53 bits per heavy atom. The van der Waals surface area contributed by atoms with Crippen LogP contribution in [0.15, 0.2) is 48.5 Å². The van der Waals surface area contributed by atoms with Gasteiger partial charge in [-0.1, -0.05) is 59.3 Å². The molecular weight excluding hydrogens is 416 g/mol. The normalized spacial score (nSPS) is 11.4. The lowest BCUT2D eigenvalue weighted by Crippen LogP contribution is -2.30. The van der Waals surface area contributed by atoms with E-state index in [1.165, 1.54) is 11.3 Å². The molecule has 30 heavy (non-hydrogen) atoms. The summed E-state index contributed by atoms with van der Waals surface area (Å²) in [5.41, 5.74) is 4.25. The van der Waals surface area contributed by atoms with Gasteiger partial charge in [0, 0.05) is 11.7 Å². The molecule has 0 radical (unpaired) electrons. The Hall–Kier alpha value is -2.70. The number of anilines is 1. The van der Waals surface area contributed by atoms with E-state index in [0.717, 1.165) is 27.0 Å². The van der Waals surface area contributed by atoms with E-state index >= 15 is 0 Å². The maximum atomic E-state index is 13.6. The summed E-state index contributed by atoms with van der Waals surface area (Å²) in [6.45, 7) is 8.47. The van der Waals surface area contributed by atoms with E-state index in [9.17, 15) is 4.79 Å². The molecule has 154 valence electrons. The van der Waals surface area contributed by atoms with E-state index in [1.807, 2.05) is 80.9 Å². The van der Waals surface area contributed by atoms with E-state index in [4.69, 9.17) is 16.6 Å². The molecule has 2 aromatic carbocycles. The summed E-state index contributed by atoms with van der Waals surface area (Å²) in [5.74, 6) is -0.172. The van der Waals surface area contributed by atoms with Crippen LogP contribution in [0.25, 0.3) is 10.2 Å². The Bertz CT molecular complexity index is 1170. The minimum atomic E-state index is -0.172. The molecule has 4 aromatic rings. The molecule has 1 amide bonds. The van der Waals surface area contributed by atoms with Gasteiger partial charge in [-0.25, -0.2) is 4.98 Å². The van der Waals surface area contributed by atoms with Gasteiger partial charge in [0.05, 0.1) is 21.8 Å². The van der Waals surface area contributed by atoms with Crippen molar-refractivity contribution in [1.29, 1.82) is 0 Å². The molecule has 0 saturated heterocycles. The zero-order valence-corrected chi connectivity index (χ0v) is 19.0. The van der Waals surface area contributed by atoms with Crippen LogP contribution in [0.4, 0.5) is 5.13 Å². The number of aryl methyl sites for hydroxylation is 2. The molecule has 0 spiro atoms. The second kappa shape index (κ2) is 8.20. The summed E-state index contributed by atoms with van der Waals surface area (Å²) in [7, 11) is 0. The van der Waals surface area contributed by atoms with Crippen LogP contribution >= 0.6 is 22.9 Å². The van der Waals surface area contributed by atoms with Crippen molar-refractivity contribution < 1.29 is 4.79 Å². The number of fused-ring (bicyclic) bond motifs is 1. The Balaban J connectivity index is 1.81. The Morgan fingerprint density at radius 1 is 1.17 bits per heavy atom. The van der Waals surface area contributed by atoms with Gasteiger partial charge in [0.1, 0.15) is 0 Å². The van der Waals surface area contributed by atoms with Crippen molar-refractivity contribution in [3.63, 3.8) is 0 Å². The van der Waals surface area contributed by atoms with E-state index in [1.54, 1.807) is 4.90 Å². The number of thiazole rings is 1. The molecular formula is C23H23ClN4OS. The van der Waals surface area contributed by atoms with E-state index < -0.39 is 0 Å². The minimum absolute atomic E-state index is 0.172. The third kappa shape index (κ3) is 3.85. The first kappa shape index (κ1) is 20.6. The van der Waals surface area contributed by atoms with Gasteiger partial charge in [0.15, 0.2) is 10.8 Å². The highest BCUT2D eigenvalue weighted by atomic mass is 35.5. The third-order valence-corrected chi connectivity index (χ3v) is 6.51. The van der Waals surface area contributed by atoms with Crippen molar-refractivity contribution in [3.05, 3.63) is 76.1 Å². The van der Waals surface area contributed by atoms with Crippen LogP contribution in [-0.2, 0) is 6.54 Å². The zero-order valence-electron chi connectivity index (χ0n) is 17.4. The van der Waals surface area contributed by atoms with E-state index in [0.29, 0.717) is 22.4 Å². The lowest BCUT2D eigenvalue weighted by molar-refractivity contribution is 0.0979. The van der Waals surface area contributed by atoms with Crippen LogP contribution < -0.4 is 4.90 Å². The SMILES string of the molecule is Cc1ccc(Cl)c2sc(N(Cc3ccccc3)C(=O)c3cc(C)n(C(C)C)n3)nc12. The van der Waals surface area contributed by atoms with Crippen molar-refractivity contribution in [2.75, 3.05) is 4.90 Å². The largest absolute Gasteiger partial charge is 0.280 e. The number of amides is 1. The number of benzene rings is 2. The molecule has 0 atom stereocenters. The number of aromatic nitrogens is 3. The Morgan fingerprint density at radius 2 is 1.90 bits per heavy atom. The van der Waals surface area contributed by atoms with Crippen LogP contribution in [0.1, 0.15) is 47.2 Å². The van der Waals surface area contributed by atoms with Crippen molar-refractivity contribution in [3.8, 4) is 0 Å². The number of hydrogen-bond donors (Lipinski definition) is 0. The highest BCUT2D eigenvalue weighted by Gasteiger charge is 2.25. The predicted octanol–water partition coefficient (Wildman–Crippen LogP) is 6.19. The second-order valence-electron chi connectivity index (χ2n) is 7.62. The number of hydrogen-bond acceptors (Lipinski definition) is 4. The first-order valence-electron chi connectivity index (χ1n) is 9.82. The van der Waals surface area contributed by atoms with Crippen molar-refractivity contribution in [2.24, 2.45) is 0 Å². The monoisotopic (exact) mass is 438 g/mol. The van der Waals surface area contributed by atoms with Gasteiger partial charge in [0.25, 0.3) is 5.91 Å². The summed E-state index contributed by atoms with van der Waals surface area (Å²) in [5, 5.41) is 5.82.